The van der Waals surface area contributed by atoms with E-state index in [9.17, 15) is 14.3 Å². The number of aliphatic hydroxyl groups is 1. The van der Waals surface area contributed by atoms with Gasteiger partial charge in [0.15, 0.2) is 5.78 Å². The summed E-state index contributed by atoms with van der Waals surface area (Å²) in [6.45, 7) is 3.70. The minimum absolute atomic E-state index is 0.0226. The average molecular weight is 536 g/mol. The molecule has 2 heterocycles. The molecule has 1 fully saturated rings. The maximum absolute atomic E-state index is 15.1. The average Bonchev–Trinajstić information content (AvgIpc) is 3.43. The van der Waals surface area contributed by atoms with E-state index in [1.54, 1.807) is 19.3 Å². The minimum Gasteiger partial charge on any atom is -0.388 e. The number of nitrogens with two attached hydrogens (primary N) is 1. The van der Waals surface area contributed by atoms with Crippen LogP contribution in [0, 0.1) is 23.4 Å². The van der Waals surface area contributed by atoms with Crippen molar-refractivity contribution < 1.29 is 23.1 Å². The van der Waals surface area contributed by atoms with Gasteiger partial charge in [-0.2, -0.15) is 0 Å². The Balaban J connectivity index is 1.42. The largest absolute Gasteiger partial charge is 0.388 e. The number of pyridine rings is 2. The van der Waals surface area contributed by atoms with E-state index in [4.69, 9.17) is 5.73 Å². The summed E-state index contributed by atoms with van der Waals surface area (Å²) in [5, 5.41) is 10.7. The molecule has 5 rings (SSSR count). The maximum Gasteiger partial charge on any atom is 0.185 e. The quantitative estimate of drug-likeness (QED) is 0.370. The zero-order valence-corrected chi connectivity index (χ0v) is 22.1. The van der Waals surface area contributed by atoms with Crippen molar-refractivity contribution in [2.24, 2.45) is 11.7 Å². The van der Waals surface area contributed by atoms with Gasteiger partial charge in [0.1, 0.15) is 28.8 Å². The number of rotatable bonds is 6. The highest BCUT2D eigenvalue weighted by molar-refractivity contribution is 5.96. The van der Waals surface area contributed by atoms with Crippen LogP contribution in [0.1, 0.15) is 79.0 Å². The Bertz CT molecular complexity index is 1420. The number of hydrogen-bond acceptors (Lipinski definition) is 5. The number of allylic oxidation sites excluding steroid dienone is 2. The first kappa shape index (κ1) is 27.2. The fraction of sp³-hybridized carbons (Fsp3) is 0.387. The normalized spacial score (nSPS) is 25.0. The van der Waals surface area contributed by atoms with E-state index in [2.05, 4.69) is 9.97 Å². The van der Waals surface area contributed by atoms with Gasteiger partial charge in [-0.15, -0.1) is 0 Å². The molecule has 2 aliphatic rings. The molecule has 0 amide bonds. The lowest BCUT2D eigenvalue weighted by Gasteiger charge is -2.44. The first-order valence-electron chi connectivity index (χ1n) is 13.4. The second-order valence-corrected chi connectivity index (χ2v) is 11.0. The maximum atomic E-state index is 15.1. The third-order valence-electron chi connectivity index (χ3n) is 8.48. The molecule has 3 N–H and O–H groups in total. The molecule has 8 heteroatoms. The van der Waals surface area contributed by atoms with Crippen LogP contribution in [0.4, 0.5) is 13.2 Å². The van der Waals surface area contributed by atoms with Gasteiger partial charge in [-0.1, -0.05) is 13.0 Å². The van der Waals surface area contributed by atoms with Crippen molar-refractivity contribution in [2.45, 2.75) is 69.9 Å². The summed E-state index contributed by atoms with van der Waals surface area (Å²) in [5.41, 5.74) is 6.95. The topological polar surface area (TPSA) is 89.1 Å². The second-order valence-electron chi connectivity index (χ2n) is 11.0. The van der Waals surface area contributed by atoms with Crippen LogP contribution in [-0.2, 0) is 6.42 Å². The van der Waals surface area contributed by atoms with Crippen LogP contribution in [0.3, 0.4) is 0 Å². The van der Waals surface area contributed by atoms with Gasteiger partial charge in [-0.3, -0.25) is 9.78 Å². The highest BCUT2D eigenvalue weighted by Gasteiger charge is 2.42. The Morgan fingerprint density at radius 3 is 2.54 bits per heavy atom. The summed E-state index contributed by atoms with van der Waals surface area (Å²) in [5.74, 6) is -3.24. The monoisotopic (exact) mass is 535 g/mol. The molecule has 1 saturated carbocycles. The number of carbonyl (C=O) groups is 1. The number of Topliss-reactive ketones (excluding diaryl/α,β-unsaturated/α-hetero) is 1. The predicted molar refractivity (Wildman–Crippen MR) is 143 cm³/mol. The summed E-state index contributed by atoms with van der Waals surface area (Å²) in [6, 6.07) is 6.05. The third kappa shape index (κ3) is 5.28. The van der Waals surface area contributed by atoms with E-state index in [-0.39, 0.29) is 24.0 Å². The summed E-state index contributed by atoms with van der Waals surface area (Å²) in [7, 11) is 0. The molecule has 5 nitrogen and oxygen atoms in total. The van der Waals surface area contributed by atoms with Crippen LogP contribution in [0.2, 0.25) is 0 Å². The highest BCUT2D eigenvalue weighted by atomic mass is 19.1. The number of carbonyl (C=O) groups excluding carboxylic acids is 1. The fourth-order valence-electron chi connectivity index (χ4n) is 5.86. The van der Waals surface area contributed by atoms with E-state index in [1.165, 1.54) is 18.2 Å². The molecule has 0 spiro atoms. The molecule has 3 aromatic rings. The van der Waals surface area contributed by atoms with Gasteiger partial charge < -0.3 is 10.8 Å². The Kier molecular flexibility index (Phi) is 7.44. The molecule has 0 bridgehead atoms. The first-order valence-corrected chi connectivity index (χ1v) is 13.4. The standard InChI is InChI=1S/C31H32F3N3O2/c1-17-11-20(15-28(35)31(17,2)39)22-9-10-36-16-21(22)14-27(38)26-8-7-23(32)30(37-26)29-24(33)12-19(13-25(29)34)18-5-3-4-6-18/h5,7-10,12-13,16-17,20,28,39H,3-4,6,11,14-15,35H2,1-2H3/t17-,20+,28+,31+/m0/s1. The third-order valence-corrected chi connectivity index (χ3v) is 8.48. The van der Waals surface area contributed by atoms with Gasteiger partial charge in [0, 0.05) is 24.9 Å². The van der Waals surface area contributed by atoms with Crippen LogP contribution < -0.4 is 5.73 Å². The summed E-state index contributed by atoms with van der Waals surface area (Å²) in [4.78, 5) is 21.6. The van der Waals surface area contributed by atoms with Gasteiger partial charge >= 0.3 is 0 Å². The van der Waals surface area contributed by atoms with Gasteiger partial charge in [0.05, 0.1) is 11.2 Å². The van der Waals surface area contributed by atoms with Gasteiger partial charge in [0.25, 0.3) is 0 Å². The number of nitrogens with zero attached hydrogens (tertiary/aromatic N) is 2. The second kappa shape index (κ2) is 10.7. The molecule has 0 radical (unpaired) electrons. The van der Waals surface area contributed by atoms with Crippen molar-refractivity contribution >= 4 is 11.4 Å². The molecule has 0 unspecified atom stereocenters. The predicted octanol–water partition coefficient (Wildman–Crippen LogP) is 6.15. The van der Waals surface area contributed by atoms with Gasteiger partial charge in [-0.25, -0.2) is 18.2 Å². The van der Waals surface area contributed by atoms with Gasteiger partial charge in [0.2, 0.25) is 0 Å². The molecule has 2 aromatic heterocycles. The van der Waals surface area contributed by atoms with Crippen LogP contribution >= 0.6 is 0 Å². The number of aromatic nitrogens is 2. The lowest BCUT2D eigenvalue weighted by molar-refractivity contribution is -0.0464. The summed E-state index contributed by atoms with van der Waals surface area (Å²) < 4.78 is 45.0. The molecule has 2 aliphatic carbocycles. The van der Waals surface area contributed by atoms with Gasteiger partial charge in [-0.05, 0) is 103 Å². The highest BCUT2D eigenvalue weighted by Crippen LogP contribution is 2.42. The Morgan fingerprint density at radius 1 is 1.13 bits per heavy atom. The molecule has 204 valence electrons. The SMILES string of the molecule is C[C@H]1C[C@@H](c2ccncc2CC(=O)c2ccc(F)c(-c3c(F)cc(C4=CCCC4)cc3F)n2)C[C@@H](N)[C@]1(C)O. The zero-order chi connectivity index (χ0) is 27.9. The summed E-state index contributed by atoms with van der Waals surface area (Å²) in [6.07, 6.45) is 8.88. The van der Waals surface area contributed by atoms with E-state index in [0.717, 1.165) is 36.5 Å². The van der Waals surface area contributed by atoms with Crippen molar-refractivity contribution in [3.63, 3.8) is 0 Å². The number of ketones is 1. The van der Waals surface area contributed by atoms with Crippen molar-refractivity contribution in [3.05, 3.63) is 88.6 Å². The van der Waals surface area contributed by atoms with Crippen LogP contribution in [0.5, 0.6) is 0 Å². The molecule has 39 heavy (non-hydrogen) atoms. The van der Waals surface area contributed by atoms with Crippen molar-refractivity contribution in [2.75, 3.05) is 0 Å². The van der Waals surface area contributed by atoms with E-state index < -0.39 is 46.1 Å². The van der Waals surface area contributed by atoms with E-state index in [0.29, 0.717) is 24.0 Å². The molecule has 0 aliphatic heterocycles. The van der Waals surface area contributed by atoms with Crippen LogP contribution in [-0.4, -0.2) is 32.5 Å². The van der Waals surface area contributed by atoms with E-state index >= 15 is 8.78 Å². The molecular weight excluding hydrogens is 503 g/mol. The number of benzene rings is 1. The molecule has 4 atom stereocenters. The molecule has 0 saturated heterocycles. The Hall–Kier alpha value is -3.36. The van der Waals surface area contributed by atoms with Crippen molar-refractivity contribution in [1.82, 2.24) is 9.97 Å². The van der Waals surface area contributed by atoms with Crippen LogP contribution in [0.25, 0.3) is 16.8 Å². The molecule has 1 aromatic carbocycles. The zero-order valence-electron chi connectivity index (χ0n) is 22.1. The van der Waals surface area contributed by atoms with Crippen molar-refractivity contribution in [3.8, 4) is 11.3 Å². The van der Waals surface area contributed by atoms with Crippen LogP contribution in [0.15, 0.2) is 48.8 Å². The fourth-order valence-corrected chi connectivity index (χ4v) is 5.86. The van der Waals surface area contributed by atoms with Crippen molar-refractivity contribution in [1.29, 1.82) is 0 Å². The number of hydrogen-bond donors (Lipinski definition) is 2. The Morgan fingerprint density at radius 2 is 1.87 bits per heavy atom. The summed E-state index contributed by atoms with van der Waals surface area (Å²) >= 11 is 0. The number of halogens is 3. The van der Waals surface area contributed by atoms with E-state index in [1.807, 2.05) is 19.1 Å². The minimum atomic E-state index is -0.981. The smallest absolute Gasteiger partial charge is 0.185 e. The molecular formula is C31H32F3N3O2. The lowest BCUT2D eigenvalue weighted by atomic mass is 9.67. The first-order chi connectivity index (χ1) is 18.6. The lowest BCUT2D eigenvalue weighted by Crippen LogP contribution is -2.54. The Labute approximate surface area is 226 Å².